The van der Waals surface area contributed by atoms with Crippen molar-refractivity contribution in [3.63, 3.8) is 0 Å². The number of rotatable bonds is 7. The average Bonchev–Trinajstić information content (AvgIpc) is 2.46. The number of nitrogens with one attached hydrogen (secondary N) is 1. The highest BCUT2D eigenvalue weighted by molar-refractivity contribution is 14.1. The number of amides is 1. The number of hydrogen-bond donors (Lipinski definition) is 1. The van der Waals surface area contributed by atoms with E-state index >= 15 is 0 Å². The molecule has 0 aliphatic heterocycles. The van der Waals surface area contributed by atoms with Crippen LogP contribution in [-0.4, -0.2) is 24.6 Å². The van der Waals surface area contributed by atoms with Gasteiger partial charge < -0.3 is 5.32 Å². The van der Waals surface area contributed by atoms with E-state index in [1.54, 1.807) is 30.3 Å². The Bertz CT molecular complexity index is 543. The van der Waals surface area contributed by atoms with Gasteiger partial charge in [0.05, 0.1) is 0 Å². The third kappa shape index (κ3) is 6.84. The summed E-state index contributed by atoms with van der Waals surface area (Å²) in [6.45, 7) is 0.327. The molecule has 0 bridgehead atoms. The molecule has 1 aromatic rings. The Morgan fingerprint density at radius 2 is 1.70 bits per heavy atom. The molecule has 8 heteroatoms. The van der Waals surface area contributed by atoms with Gasteiger partial charge in [0.1, 0.15) is 0 Å². The summed E-state index contributed by atoms with van der Waals surface area (Å²) in [5, 5.41) is 2.66. The molecule has 0 unspecified atom stereocenters. The number of benzene rings is 1. The van der Waals surface area contributed by atoms with E-state index < -0.39 is 12.1 Å². The summed E-state index contributed by atoms with van der Waals surface area (Å²) >= 11 is 1.47. The average molecular weight is 447 g/mol. The lowest BCUT2D eigenvalue weighted by molar-refractivity contribution is -0.259. The predicted molar refractivity (Wildman–Crippen MR) is 85.7 cm³/mol. The van der Waals surface area contributed by atoms with E-state index in [0.29, 0.717) is 24.9 Å². The van der Waals surface area contributed by atoms with Crippen LogP contribution in [-0.2, 0) is 0 Å². The molecular weight excluding hydrogens is 432 g/mol. The highest BCUT2D eigenvalue weighted by atomic mass is 127. The first-order valence-corrected chi connectivity index (χ1v) is 7.86. The quantitative estimate of drug-likeness (QED) is 0.352. The van der Waals surface area contributed by atoms with E-state index in [1.165, 1.54) is 22.6 Å². The lowest BCUT2D eigenvalue weighted by Crippen LogP contribution is -2.34. The van der Waals surface area contributed by atoms with Crippen LogP contribution in [0, 0.1) is 0 Å². The fraction of sp³-hybridized carbons (Fsp3) is 0.400. The van der Waals surface area contributed by atoms with E-state index in [1.807, 2.05) is 0 Å². The van der Waals surface area contributed by atoms with E-state index in [0.717, 1.165) is 0 Å². The Hall–Kier alpha value is -1.19. The highest BCUT2D eigenvalue weighted by Crippen LogP contribution is 2.38. The number of carbonyl (C=O) groups is 1. The van der Waals surface area contributed by atoms with Crippen molar-refractivity contribution in [2.45, 2.75) is 31.4 Å². The summed E-state index contributed by atoms with van der Waals surface area (Å²) in [5.74, 6) is -5.06. The molecule has 0 spiro atoms. The minimum atomic E-state index is -5.58. The molecule has 2 nitrogen and oxygen atoms in total. The summed E-state index contributed by atoms with van der Waals surface area (Å²) in [4.78, 5) is 11.7. The number of unbranched alkanes of at least 4 members (excludes halogenated alkanes) is 1. The minimum Gasteiger partial charge on any atom is -0.352 e. The number of hydrogen-bond acceptors (Lipinski definition) is 1. The van der Waals surface area contributed by atoms with Gasteiger partial charge in [-0.05, 0) is 57.6 Å². The highest BCUT2D eigenvalue weighted by Gasteiger charge is 2.55. The molecule has 0 aliphatic carbocycles. The molecule has 0 heterocycles. The standard InChI is InChI=1S/C15H15F5INO/c16-14(17,15(18,19)20)10-12(21)8-4-5-9-22-13(23)11-6-2-1-3-7-11/h1-3,6-7,10H,4-5,8-9H2,(H,22,23). The number of allylic oxidation sites excluding steroid dienone is 2. The first-order chi connectivity index (χ1) is 10.6. The molecule has 0 aliphatic rings. The zero-order valence-corrected chi connectivity index (χ0v) is 14.1. The van der Waals surface area contributed by atoms with Crippen LogP contribution in [0.2, 0.25) is 0 Å². The maximum atomic E-state index is 12.8. The zero-order chi connectivity index (χ0) is 17.5. The van der Waals surface area contributed by atoms with Gasteiger partial charge in [-0.3, -0.25) is 4.79 Å². The first kappa shape index (κ1) is 19.9. The van der Waals surface area contributed by atoms with Gasteiger partial charge in [-0.1, -0.05) is 18.2 Å². The van der Waals surface area contributed by atoms with Crippen molar-refractivity contribution >= 4 is 28.5 Å². The molecule has 0 saturated heterocycles. The van der Waals surface area contributed by atoms with Crippen molar-refractivity contribution in [1.82, 2.24) is 5.32 Å². The fourth-order valence-corrected chi connectivity index (χ4v) is 2.44. The van der Waals surface area contributed by atoms with Gasteiger partial charge in [-0.25, -0.2) is 0 Å². The predicted octanol–water partition coefficient (Wildman–Crippen LogP) is 5.10. The maximum absolute atomic E-state index is 12.8. The molecule has 128 valence electrons. The second-order valence-corrected chi connectivity index (χ2v) is 6.18. The van der Waals surface area contributed by atoms with Crippen LogP contribution in [0.15, 0.2) is 40.0 Å². The van der Waals surface area contributed by atoms with E-state index in [9.17, 15) is 26.7 Å². The molecule has 1 rings (SSSR count). The van der Waals surface area contributed by atoms with Crippen LogP contribution >= 0.6 is 22.6 Å². The molecule has 0 aromatic heterocycles. The van der Waals surface area contributed by atoms with Gasteiger partial charge in [-0.2, -0.15) is 22.0 Å². The van der Waals surface area contributed by atoms with Gasteiger partial charge in [0, 0.05) is 18.2 Å². The van der Waals surface area contributed by atoms with E-state index in [2.05, 4.69) is 5.32 Å². The van der Waals surface area contributed by atoms with Crippen LogP contribution in [0.1, 0.15) is 29.6 Å². The Labute approximate surface area is 144 Å². The van der Waals surface area contributed by atoms with E-state index in [4.69, 9.17) is 0 Å². The van der Waals surface area contributed by atoms with Crippen molar-refractivity contribution in [2.75, 3.05) is 6.54 Å². The van der Waals surface area contributed by atoms with Gasteiger partial charge >= 0.3 is 12.1 Å². The molecule has 0 fully saturated rings. The van der Waals surface area contributed by atoms with Crippen molar-refractivity contribution in [3.05, 3.63) is 45.6 Å². The lowest BCUT2D eigenvalue weighted by atomic mass is 10.2. The summed E-state index contributed by atoms with van der Waals surface area (Å²) in [5.41, 5.74) is 0.506. The monoisotopic (exact) mass is 447 g/mol. The second-order valence-electron chi connectivity index (χ2n) is 4.79. The Balaban J connectivity index is 2.31. The first-order valence-electron chi connectivity index (χ1n) is 6.78. The molecule has 0 saturated carbocycles. The smallest absolute Gasteiger partial charge is 0.352 e. The number of carbonyl (C=O) groups excluding carboxylic acids is 1. The molecule has 1 amide bonds. The lowest BCUT2D eigenvalue weighted by Gasteiger charge is -2.16. The van der Waals surface area contributed by atoms with Crippen LogP contribution < -0.4 is 5.32 Å². The van der Waals surface area contributed by atoms with Crippen molar-refractivity contribution in [3.8, 4) is 0 Å². The van der Waals surface area contributed by atoms with Gasteiger partial charge in [0.2, 0.25) is 0 Å². The van der Waals surface area contributed by atoms with Crippen LogP contribution in [0.25, 0.3) is 0 Å². The minimum absolute atomic E-state index is 0.0562. The SMILES string of the molecule is O=C(NCCCCC(I)=CC(F)(F)C(F)(F)F)c1ccccc1. The fourth-order valence-electron chi connectivity index (χ4n) is 1.66. The van der Waals surface area contributed by atoms with Crippen molar-refractivity contribution in [2.24, 2.45) is 0 Å². The second kappa shape index (κ2) is 8.60. The molecule has 1 N–H and O–H groups in total. The third-order valence-corrected chi connectivity index (χ3v) is 3.73. The number of halogens is 6. The number of alkyl halides is 5. The van der Waals surface area contributed by atoms with Crippen molar-refractivity contribution < 1.29 is 26.7 Å². The molecule has 23 heavy (non-hydrogen) atoms. The van der Waals surface area contributed by atoms with Gasteiger partial charge in [0.25, 0.3) is 5.91 Å². The van der Waals surface area contributed by atoms with Gasteiger partial charge in [-0.15, -0.1) is 0 Å². The van der Waals surface area contributed by atoms with Gasteiger partial charge in [0.15, 0.2) is 0 Å². The molecule has 0 radical (unpaired) electrons. The van der Waals surface area contributed by atoms with Crippen LogP contribution in [0.5, 0.6) is 0 Å². The maximum Gasteiger partial charge on any atom is 0.457 e. The van der Waals surface area contributed by atoms with E-state index in [-0.39, 0.29) is 22.0 Å². The van der Waals surface area contributed by atoms with Crippen LogP contribution in [0.3, 0.4) is 0 Å². The third-order valence-electron chi connectivity index (χ3n) is 2.88. The topological polar surface area (TPSA) is 29.1 Å². The Kier molecular flexibility index (Phi) is 7.43. The Morgan fingerprint density at radius 3 is 2.26 bits per heavy atom. The summed E-state index contributed by atoms with van der Waals surface area (Å²) in [6, 6.07) is 8.54. The molecular formula is C15H15F5INO. The summed E-state index contributed by atoms with van der Waals surface area (Å²) < 4.78 is 61.6. The molecule has 0 atom stereocenters. The van der Waals surface area contributed by atoms with Crippen LogP contribution in [0.4, 0.5) is 22.0 Å². The summed E-state index contributed by atoms with van der Waals surface area (Å²) in [7, 11) is 0. The Morgan fingerprint density at radius 1 is 1.09 bits per heavy atom. The zero-order valence-electron chi connectivity index (χ0n) is 12.0. The molecule has 1 aromatic carbocycles. The van der Waals surface area contributed by atoms with Crippen molar-refractivity contribution in [1.29, 1.82) is 0 Å². The summed E-state index contributed by atoms with van der Waals surface area (Å²) in [6.07, 6.45) is -4.65. The largest absolute Gasteiger partial charge is 0.457 e. The normalized spacial score (nSPS) is 13.0.